The van der Waals surface area contributed by atoms with Crippen LogP contribution in [0.3, 0.4) is 0 Å². The van der Waals surface area contributed by atoms with E-state index in [1.165, 1.54) is 19.3 Å². The molecule has 15 heavy (non-hydrogen) atoms. The molecular formula is C13H23NO. The van der Waals surface area contributed by atoms with E-state index < -0.39 is 6.10 Å². The lowest BCUT2D eigenvalue weighted by Gasteiger charge is -2.29. The van der Waals surface area contributed by atoms with Crippen molar-refractivity contribution < 1.29 is 5.11 Å². The maximum absolute atomic E-state index is 9.88. The molecule has 0 aliphatic carbocycles. The zero-order chi connectivity index (χ0) is 11.9. The molecule has 0 aromatic heterocycles. The summed E-state index contributed by atoms with van der Waals surface area (Å²) in [5, 5.41) is 18.5. The summed E-state index contributed by atoms with van der Waals surface area (Å²) in [6.07, 6.45) is 5.00. The first-order chi connectivity index (χ1) is 6.95. The van der Waals surface area contributed by atoms with Crippen LogP contribution in [0.1, 0.15) is 52.9 Å². The second-order valence-electron chi connectivity index (χ2n) is 4.84. The van der Waals surface area contributed by atoms with Gasteiger partial charge >= 0.3 is 0 Å². The molecule has 1 atom stereocenters. The Morgan fingerprint density at radius 3 is 2.47 bits per heavy atom. The van der Waals surface area contributed by atoms with Gasteiger partial charge in [-0.25, -0.2) is 0 Å². The van der Waals surface area contributed by atoms with Gasteiger partial charge in [-0.15, -0.1) is 0 Å². The number of rotatable bonds is 7. The summed E-state index contributed by atoms with van der Waals surface area (Å²) in [7, 11) is 0. The largest absolute Gasteiger partial charge is 0.387 e. The number of aliphatic hydroxyl groups excluding tert-OH is 1. The van der Waals surface area contributed by atoms with Crippen molar-refractivity contribution in [3.63, 3.8) is 0 Å². The van der Waals surface area contributed by atoms with Gasteiger partial charge in [-0.2, -0.15) is 5.26 Å². The van der Waals surface area contributed by atoms with Crippen LogP contribution >= 0.6 is 0 Å². The Balaban J connectivity index is 4.06. The minimum atomic E-state index is -0.705. The fourth-order valence-corrected chi connectivity index (χ4v) is 1.68. The van der Waals surface area contributed by atoms with E-state index in [4.69, 9.17) is 5.26 Å². The molecular weight excluding hydrogens is 186 g/mol. The summed E-state index contributed by atoms with van der Waals surface area (Å²) in [4.78, 5) is 0. The van der Waals surface area contributed by atoms with E-state index in [0.717, 1.165) is 12.8 Å². The van der Waals surface area contributed by atoms with Crippen LogP contribution in [0.4, 0.5) is 0 Å². The van der Waals surface area contributed by atoms with Crippen LogP contribution in [-0.2, 0) is 0 Å². The van der Waals surface area contributed by atoms with Crippen LogP contribution in [0, 0.1) is 16.7 Å². The predicted octanol–water partition coefficient (Wildman–Crippen LogP) is 3.42. The summed E-state index contributed by atoms with van der Waals surface area (Å²) >= 11 is 0. The third kappa shape index (κ3) is 4.99. The molecule has 0 bridgehead atoms. The van der Waals surface area contributed by atoms with E-state index in [1.807, 2.05) is 19.9 Å². The van der Waals surface area contributed by atoms with Crippen LogP contribution < -0.4 is 0 Å². The maximum atomic E-state index is 9.88. The number of hydrogen-bond donors (Lipinski definition) is 1. The highest BCUT2D eigenvalue weighted by atomic mass is 16.3. The molecule has 86 valence electrons. The van der Waals surface area contributed by atoms with Gasteiger partial charge in [-0.1, -0.05) is 53.0 Å². The second kappa shape index (κ2) is 6.63. The van der Waals surface area contributed by atoms with Gasteiger partial charge in [-0.05, 0) is 11.8 Å². The lowest BCUT2D eigenvalue weighted by Crippen LogP contribution is -2.30. The predicted molar refractivity (Wildman–Crippen MR) is 63.3 cm³/mol. The highest BCUT2D eigenvalue weighted by Gasteiger charge is 2.29. The summed E-state index contributed by atoms with van der Waals surface area (Å²) in [6.45, 7) is 9.74. The van der Waals surface area contributed by atoms with Crippen molar-refractivity contribution >= 4 is 0 Å². The first-order valence-electron chi connectivity index (χ1n) is 5.72. The smallest absolute Gasteiger partial charge is 0.0968 e. The van der Waals surface area contributed by atoms with Gasteiger partial charge in [-0.3, -0.25) is 0 Å². The van der Waals surface area contributed by atoms with Crippen molar-refractivity contribution in [1.29, 1.82) is 5.26 Å². The van der Waals surface area contributed by atoms with E-state index in [1.54, 1.807) is 0 Å². The minimum absolute atomic E-state index is 0.236. The molecule has 0 heterocycles. The Morgan fingerprint density at radius 1 is 1.40 bits per heavy atom. The quantitative estimate of drug-likeness (QED) is 0.515. The zero-order valence-electron chi connectivity index (χ0n) is 10.2. The first kappa shape index (κ1) is 14.2. The van der Waals surface area contributed by atoms with Gasteiger partial charge < -0.3 is 5.11 Å². The molecule has 0 radical (unpaired) electrons. The first-order valence-corrected chi connectivity index (χ1v) is 5.72. The molecule has 0 saturated carbocycles. The highest BCUT2D eigenvalue weighted by Crippen LogP contribution is 2.31. The highest BCUT2D eigenvalue weighted by molar-refractivity contribution is 5.23. The van der Waals surface area contributed by atoms with Crippen molar-refractivity contribution in [1.82, 2.24) is 0 Å². The average molecular weight is 209 g/mol. The molecule has 0 spiro atoms. The summed E-state index contributed by atoms with van der Waals surface area (Å²) in [5.41, 5.74) is 0.0380. The molecule has 0 aliphatic heterocycles. The molecule has 2 heteroatoms. The maximum Gasteiger partial charge on any atom is 0.0968 e. The van der Waals surface area contributed by atoms with Crippen LogP contribution in [0.25, 0.3) is 0 Å². The SMILES string of the molecule is C=C(C#N)C(O)C(C)(C)CCCCCC. The van der Waals surface area contributed by atoms with Crippen molar-refractivity contribution in [2.45, 2.75) is 59.0 Å². The number of nitrogens with zero attached hydrogens (tertiary/aromatic N) is 1. The van der Waals surface area contributed by atoms with Crippen molar-refractivity contribution in [3.8, 4) is 6.07 Å². The molecule has 1 unspecified atom stereocenters. The van der Waals surface area contributed by atoms with Crippen molar-refractivity contribution in [2.24, 2.45) is 5.41 Å². The third-order valence-electron chi connectivity index (χ3n) is 2.89. The van der Waals surface area contributed by atoms with Gasteiger partial charge in [0.1, 0.15) is 0 Å². The Hall–Kier alpha value is -0.810. The van der Waals surface area contributed by atoms with Gasteiger partial charge in [0.2, 0.25) is 0 Å². The van der Waals surface area contributed by atoms with Crippen molar-refractivity contribution in [2.75, 3.05) is 0 Å². The molecule has 0 amide bonds. The Morgan fingerprint density at radius 2 is 2.00 bits per heavy atom. The zero-order valence-corrected chi connectivity index (χ0v) is 10.2. The third-order valence-corrected chi connectivity index (χ3v) is 2.89. The molecule has 0 aromatic carbocycles. The molecule has 2 nitrogen and oxygen atoms in total. The molecule has 0 aliphatic rings. The Kier molecular flexibility index (Phi) is 6.27. The van der Waals surface area contributed by atoms with Gasteiger partial charge in [0, 0.05) is 0 Å². The molecule has 1 N–H and O–H groups in total. The fraction of sp³-hybridized carbons (Fsp3) is 0.769. The fourth-order valence-electron chi connectivity index (χ4n) is 1.68. The van der Waals surface area contributed by atoms with Crippen molar-refractivity contribution in [3.05, 3.63) is 12.2 Å². The standard InChI is InChI=1S/C13H23NO/c1-5-6-7-8-9-13(3,4)12(15)11(2)10-14/h12,15H,2,5-9H2,1,3-4H3. The number of aliphatic hydroxyl groups is 1. The van der Waals surface area contributed by atoms with Crippen LogP contribution in [0.15, 0.2) is 12.2 Å². The molecule has 0 rings (SSSR count). The Bertz CT molecular complexity index is 237. The van der Waals surface area contributed by atoms with Gasteiger partial charge in [0.25, 0.3) is 0 Å². The normalized spacial score (nSPS) is 13.3. The molecule has 0 fully saturated rings. The topological polar surface area (TPSA) is 44.0 Å². The van der Waals surface area contributed by atoms with Gasteiger partial charge in [0.05, 0.1) is 17.7 Å². The lowest BCUT2D eigenvalue weighted by molar-refractivity contribution is 0.0754. The van der Waals surface area contributed by atoms with E-state index in [2.05, 4.69) is 13.5 Å². The molecule has 0 saturated heterocycles. The van der Waals surface area contributed by atoms with Crippen LogP contribution in [-0.4, -0.2) is 11.2 Å². The number of nitriles is 1. The van der Waals surface area contributed by atoms with E-state index in [-0.39, 0.29) is 11.0 Å². The van der Waals surface area contributed by atoms with E-state index >= 15 is 0 Å². The van der Waals surface area contributed by atoms with E-state index in [0.29, 0.717) is 0 Å². The Labute approximate surface area is 93.6 Å². The average Bonchev–Trinajstić information content (AvgIpc) is 2.22. The van der Waals surface area contributed by atoms with Gasteiger partial charge in [0.15, 0.2) is 0 Å². The van der Waals surface area contributed by atoms with Crippen LogP contribution in [0.5, 0.6) is 0 Å². The van der Waals surface area contributed by atoms with Crippen LogP contribution in [0.2, 0.25) is 0 Å². The van der Waals surface area contributed by atoms with E-state index in [9.17, 15) is 5.11 Å². The second-order valence-corrected chi connectivity index (χ2v) is 4.84. The number of unbranched alkanes of at least 4 members (excludes halogenated alkanes) is 3. The monoisotopic (exact) mass is 209 g/mol. The lowest BCUT2D eigenvalue weighted by atomic mass is 9.79. The minimum Gasteiger partial charge on any atom is -0.387 e. The molecule has 0 aromatic rings. The summed E-state index contributed by atoms with van der Waals surface area (Å²) < 4.78 is 0. The summed E-state index contributed by atoms with van der Waals surface area (Å²) in [6, 6.07) is 1.93. The number of hydrogen-bond acceptors (Lipinski definition) is 2. The summed E-state index contributed by atoms with van der Waals surface area (Å²) in [5.74, 6) is 0.